The molecule has 0 spiro atoms. The highest BCUT2D eigenvalue weighted by atomic mass is 79.9. The van der Waals surface area contributed by atoms with E-state index in [0.29, 0.717) is 11.3 Å². The molecule has 0 radical (unpaired) electrons. The van der Waals surface area contributed by atoms with E-state index >= 15 is 0 Å². The van der Waals surface area contributed by atoms with Gasteiger partial charge >= 0.3 is 0 Å². The van der Waals surface area contributed by atoms with E-state index in [-0.39, 0.29) is 11.6 Å². The first-order valence-electron chi connectivity index (χ1n) is 6.62. The maximum absolute atomic E-state index is 14.2. The first-order valence-corrected chi connectivity index (χ1v) is 7.42. The van der Waals surface area contributed by atoms with Gasteiger partial charge in [0.1, 0.15) is 11.3 Å². The molecule has 3 aromatic rings. The van der Waals surface area contributed by atoms with Gasteiger partial charge in [-0.2, -0.15) is 0 Å². The van der Waals surface area contributed by atoms with Crippen molar-refractivity contribution in [2.45, 2.75) is 18.9 Å². The van der Waals surface area contributed by atoms with Crippen molar-refractivity contribution in [2.24, 2.45) is 0 Å². The number of benzene rings is 1. The molecule has 4 rings (SSSR count). The van der Waals surface area contributed by atoms with Gasteiger partial charge < -0.3 is 4.57 Å². The molecule has 1 aliphatic carbocycles. The Hall–Kier alpha value is -1.82. The molecule has 6 heteroatoms. The van der Waals surface area contributed by atoms with E-state index in [2.05, 4.69) is 25.9 Å². The molecular weight excluding hydrogens is 340 g/mol. The summed E-state index contributed by atoms with van der Waals surface area (Å²) in [5.74, 6) is -1.03. The smallest absolute Gasteiger partial charge is 0.184 e. The van der Waals surface area contributed by atoms with Crippen LogP contribution in [0.2, 0.25) is 0 Å². The quantitative estimate of drug-likeness (QED) is 0.683. The third-order valence-electron chi connectivity index (χ3n) is 3.67. The van der Waals surface area contributed by atoms with Crippen molar-refractivity contribution in [3.8, 4) is 11.4 Å². The minimum atomic E-state index is -0.843. The van der Waals surface area contributed by atoms with Crippen LogP contribution in [0.25, 0.3) is 22.4 Å². The Balaban J connectivity index is 2.08. The number of imidazole rings is 1. The average Bonchev–Trinajstić information content (AvgIpc) is 3.24. The Labute approximate surface area is 127 Å². The van der Waals surface area contributed by atoms with Gasteiger partial charge in [0.25, 0.3) is 0 Å². The average molecular weight is 350 g/mol. The number of aromatic nitrogens is 3. The lowest BCUT2D eigenvalue weighted by Crippen LogP contribution is -2.00. The molecule has 2 aromatic heterocycles. The van der Waals surface area contributed by atoms with Crippen molar-refractivity contribution >= 4 is 27.0 Å². The zero-order valence-electron chi connectivity index (χ0n) is 10.9. The van der Waals surface area contributed by atoms with Gasteiger partial charge in [-0.05, 0) is 47.0 Å². The molecular formula is C15H10BrF2N3. The van der Waals surface area contributed by atoms with E-state index in [1.54, 1.807) is 12.4 Å². The summed E-state index contributed by atoms with van der Waals surface area (Å²) in [6, 6.07) is 4.64. The summed E-state index contributed by atoms with van der Waals surface area (Å²) in [6.45, 7) is 0. The molecule has 1 saturated carbocycles. The fraction of sp³-hybridized carbons (Fsp3) is 0.200. The fourth-order valence-electron chi connectivity index (χ4n) is 2.56. The van der Waals surface area contributed by atoms with E-state index in [0.717, 1.165) is 28.9 Å². The van der Waals surface area contributed by atoms with Crippen molar-refractivity contribution in [1.29, 1.82) is 0 Å². The van der Waals surface area contributed by atoms with Crippen LogP contribution >= 0.6 is 15.9 Å². The van der Waals surface area contributed by atoms with Gasteiger partial charge in [-0.3, -0.25) is 4.98 Å². The highest BCUT2D eigenvalue weighted by Crippen LogP contribution is 2.43. The lowest BCUT2D eigenvalue weighted by molar-refractivity contribution is 0.511. The zero-order chi connectivity index (χ0) is 14.6. The lowest BCUT2D eigenvalue weighted by Gasteiger charge is -2.09. The Bertz CT molecular complexity index is 855. The minimum absolute atomic E-state index is 0.182. The van der Waals surface area contributed by atoms with Crippen molar-refractivity contribution in [3.63, 3.8) is 0 Å². The molecule has 0 aliphatic heterocycles. The third kappa shape index (κ3) is 1.97. The third-order valence-corrected chi connectivity index (χ3v) is 4.30. The Morgan fingerprint density at radius 1 is 1.19 bits per heavy atom. The molecule has 0 N–H and O–H groups in total. The number of rotatable bonds is 2. The topological polar surface area (TPSA) is 30.7 Å². The van der Waals surface area contributed by atoms with Gasteiger partial charge in [-0.15, -0.1) is 0 Å². The van der Waals surface area contributed by atoms with Crippen LogP contribution in [0.1, 0.15) is 18.9 Å². The predicted octanol–water partition coefficient (Wildman–Crippen LogP) is 4.47. The Morgan fingerprint density at radius 2 is 2.00 bits per heavy atom. The number of hydrogen-bond donors (Lipinski definition) is 0. The summed E-state index contributed by atoms with van der Waals surface area (Å²) in [6.07, 6.45) is 5.24. The molecule has 1 aliphatic rings. The van der Waals surface area contributed by atoms with E-state index in [4.69, 9.17) is 0 Å². The van der Waals surface area contributed by atoms with Crippen molar-refractivity contribution in [2.75, 3.05) is 0 Å². The van der Waals surface area contributed by atoms with E-state index < -0.39 is 11.6 Å². The summed E-state index contributed by atoms with van der Waals surface area (Å²) in [5.41, 5.74) is 1.55. The van der Waals surface area contributed by atoms with Gasteiger partial charge in [0.05, 0.1) is 5.52 Å². The molecule has 0 saturated heterocycles. The lowest BCUT2D eigenvalue weighted by atomic mass is 10.2. The van der Waals surface area contributed by atoms with Gasteiger partial charge in [0, 0.05) is 28.5 Å². The Morgan fingerprint density at radius 3 is 2.71 bits per heavy atom. The molecule has 0 amide bonds. The van der Waals surface area contributed by atoms with E-state index in [1.165, 1.54) is 6.07 Å². The fourth-order valence-corrected chi connectivity index (χ4v) is 2.99. The second kappa shape index (κ2) is 4.59. The van der Waals surface area contributed by atoms with Gasteiger partial charge in [-0.1, -0.05) is 0 Å². The van der Waals surface area contributed by atoms with Crippen molar-refractivity contribution in [3.05, 3.63) is 46.7 Å². The largest absolute Gasteiger partial charge is 0.318 e. The molecule has 3 nitrogen and oxygen atoms in total. The summed E-state index contributed by atoms with van der Waals surface area (Å²) in [4.78, 5) is 8.53. The Kier molecular flexibility index (Phi) is 2.82. The van der Waals surface area contributed by atoms with Crippen LogP contribution in [0, 0.1) is 11.6 Å². The summed E-state index contributed by atoms with van der Waals surface area (Å²) >= 11 is 3.44. The van der Waals surface area contributed by atoms with Crippen LogP contribution in [0.15, 0.2) is 35.1 Å². The normalized spacial score (nSPS) is 14.8. The summed E-state index contributed by atoms with van der Waals surface area (Å²) in [7, 11) is 0. The monoisotopic (exact) mass is 349 g/mol. The highest BCUT2D eigenvalue weighted by molar-refractivity contribution is 9.10. The molecule has 0 bridgehead atoms. The SMILES string of the molecule is Fc1ccc2nc(-c3ccncc3Br)n(C3CC3)c2c1F. The first kappa shape index (κ1) is 12.9. The standard InChI is InChI=1S/C15H10BrF2N3/c16-10-7-19-6-5-9(10)15-20-12-4-3-11(17)13(18)14(12)21(15)8-1-2-8/h3-8H,1-2H2. The summed E-state index contributed by atoms with van der Waals surface area (Å²) in [5, 5.41) is 0. The van der Waals surface area contributed by atoms with Crippen molar-refractivity contribution in [1.82, 2.24) is 14.5 Å². The number of halogens is 3. The van der Waals surface area contributed by atoms with Crippen LogP contribution in [-0.2, 0) is 0 Å². The maximum Gasteiger partial charge on any atom is 0.184 e. The van der Waals surface area contributed by atoms with Crippen LogP contribution in [0.4, 0.5) is 8.78 Å². The maximum atomic E-state index is 14.2. The first-order chi connectivity index (χ1) is 10.2. The molecule has 0 atom stereocenters. The van der Waals surface area contributed by atoms with Crippen LogP contribution < -0.4 is 0 Å². The van der Waals surface area contributed by atoms with Gasteiger partial charge in [-0.25, -0.2) is 13.8 Å². The van der Waals surface area contributed by atoms with Crippen LogP contribution in [-0.4, -0.2) is 14.5 Å². The molecule has 2 heterocycles. The molecule has 106 valence electrons. The molecule has 0 unspecified atom stereocenters. The van der Waals surface area contributed by atoms with Crippen molar-refractivity contribution < 1.29 is 8.78 Å². The number of pyridine rings is 1. The second-order valence-corrected chi connectivity index (χ2v) is 5.98. The predicted molar refractivity (Wildman–Crippen MR) is 78.9 cm³/mol. The number of hydrogen-bond acceptors (Lipinski definition) is 2. The van der Waals surface area contributed by atoms with Gasteiger partial charge in [0.2, 0.25) is 0 Å². The minimum Gasteiger partial charge on any atom is -0.318 e. The van der Waals surface area contributed by atoms with E-state index in [9.17, 15) is 8.78 Å². The highest BCUT2D eigenvalue weighted by Gasteiger charge is 2.31. The zero-order valence-corrected chi connectivity index (χ0v) is 12.4. The number of fused-ring (bicyclic) bond motifs is 1. The number of nitrogens with zero attached hydrogens (tertiary/aromatic N) is 3. The van der Waals surface area contributed by atoms with Crippen LogP contribution in [0.5, 0.6) is 0 Å². The molecule has 21 heavy (non-hydrogen) atoms. The molecule has 1 fully saturated rings. The van der Waals surface area contributed by atoms with Gasteiger partial charge in [0.15, 0.2) is 11.6 Å². The molecule has 1 aromatic carbocycles. The summed E-state index contributed by atoms with van der Waals surface area (Å²) < 4.78 is 30.4. The van der Waals surface area contributed by atoms with E-state index in [1.807, 2.05) is 10.6 Å². The second-order valence-electron chi connectivity index (χ2n) is 5.12. The van der Waals surface area contributed by atoms with Crippen LogP contribution in [0.3, 0.4) is 0 Å².